The molecule has 2 aliphatic rings. The number of ether oxygens (including phenoxy) is 3. The lowest BCUT2D eigenvalue weighted by Crippen LogP contribution is -2.45. The number of hydrogen-bond donors (Lipinski definition) is 0. The highest BCUT2D eigenvalue weighted by Gasteiger charge is 2.53. The van der Waals surface area contributed by atoms with E-state index in [4.69, 9.17) is 14.2 Å². The highest BCUT2D eigenvalue weighted by Crippen LogP contribution is 2.50. The molecule has 0 aromatic rings. The highest BCUT2D eigenvalue weighted by atomic mass is 19.4. The molecular weight excluding hydrogens is 1250 g/mol. The van der Waals surface area contributed by atoms with Crippen molar-refractivity contribution >= 4 is 0 Å². The van der Waals surface area contributed by atoms with Crippen molar-refractivity contribution in [3.63, 3.8) is 0 Å². The van der Waals surface area contributed by atoms with Crippen LogP contribution in [0, 0.1) is 182 Å². The van der Waals surface area contributed by atoms with E-state index in [2.05, 4.69) is 291 Å². The first-order chi connectivity index (χ1) is 45.1. The average Bonchev–Trinajstić information content (AvgIpc) is 0.798. The van der Waals surface area contributed by atoms with E-state index in [-0.39, 0.29) is 41.0 Å². The maximum absolute atomic E-state index is 12.8. The minimum atomic E-state index is -4.12. The lowest BCUT2D eigenvalue weighted by Gasteiger charge is -2.43. The van der Waals surface area contributed by atoms with Crippen molar-refractivity contribution in [3.05, 3.63) is 0 Å². The Hall–Kier alpha value is -0.400. The summed E-state index contributed by atoms with van der Waals surface area (Å²) in [4.78, 5) is 0. The van der Waals surface area contributed by atoms with Crippen LogP contribution >= 0.6 is 0 Å². The van der Waals surface area contributed by atoms with Gasteiger partial charge in [0.05, 0.1) is 35.5 Å². The molecule has 0 spiro atoms. The van der Waals surface area contributed by atoms with Crippen molar-refractivity contribution in [3.8, 4) is 0 Å². The van der Waals surface area contributed by atoms with Gasteiger partial charge in [0.25, 0.3) is 0 Å². The Bertz CT molecular complexity index is 1820. The van der Waals surface area contributed by atoms with Crippen molar-refractivity contribution in [2.75, 3.05) is 19.9 Å². The van der Waals surface area contributed by atoms with E-state index in [0.717, 1.165) is 126 Å². The molecule has 3 atom stereocenters. The van der Waals surface area contributed by atoms with Crippen LogP contribution in [-0.4, -0.2) is 49.5 Å². The van der Waals surface area contributed by atoms with Gasteiger partial charge in [-0.1, -0.05) is 304 Å². The van der Waals surface area contributed by atoms with Gasteiger partial charge in [0.15, 0.2) is 0 Å². The van der Waals surface area contributed by atoms with Crippen LogP contribution in [0.5, 0.6) is 0 Å². The largest absolute Gasteiger partial charge is 0.394 e. The van der Waals surface area contributed by atoms with Crippen LogP contribution in [0.15, 0.2) is 0 Å². The lowest BCUT2D eigenvalue weighted by atomic mass is 9.67. The summed E-state index contributed by atoms with van der Waals surface area (Å²) in [7, 11) is 0. The van der Waals surface area contributed by atoms with E-state index in [1.807, 2.05) is 41.5 Å². The van der Waals surface area contributed by atoms with Crippen molar-refractivity contribution in [1.82, 2.24) is 0 Å². The highest BCUT2D eigenvalue weighted by molar-refractivity contribution is 4.90. The van der Waals surface area contributed by atoms with Gasteiger partial charge in [0, 0.05) is 13.2 Å². The Balaban J connectivity index is -0.000000256. The standard InChI is InChI=1S/C14H28O.C14H30O.C12H24O.C11H21F3.C11H23F.2C11H24.C10H22/c1-9(2)14(10(3)4)13-7-11(5)15-12(6)8-13;1-10(2)12(11(3)4)14(8,9)15-13(5,6)7;1-9(2)12(10(3)4)11-5-7-13-8-6-11;1-7(2)9(8(3)4)10(5,6)11(12,13)14;1-8(2)10(9(3)4)11(5,6)7-12;1-8(2)10(9(3)4)11(5,6)7;1-7-10(6)11(8(2)3)9(4)5;1-7(2)10(8(3)4)9(5)6/h9-14H,7-8H2,1-6H3;10-12H,1-9H3;9-12H,5-8H2,1-4H3;7-9H,1-6H3;8-10H,7H2,1-6H3;8-10H,1-7H3;8-11H,7H2,1-6H3;7-10H,1-6H3. The third-order valence-electron chi connectivity index (χ3n) is 23.2. The zero-order chi connectivity index (χ0) is 82.1. The van der Waals surface area contributed by atoms with Crippen molar-refractivity contribution in [1.29, 1.82) is 0 Å². The molecule has 0 amide bonds. The quantitative estimate of drug-likeness (QED) is 0.0808. The molecule has 2 fully saturated rings. The second kappa shape index (κ2) is 51.9. The van der Waals surface area contributed by atoms with Crippen molar-refractivity contribution in [2.24, 2.45) is 182 Å². The normalized spacial score (nSPS) is 17.7. The molecule has 101 heavy (non-hydrogen) atoms. The van der Waals surface area contributed by atoms with E-state index < -0.39 is 11.6 Å². The van der Waals surface area contributed by atoms with Crippen LogP contribution in [0.3, 0.4) is 0 Å². The Labute approximate surface area is 638 Å². The molecule has 0 aliphatic carbocycles. The van der Waals surface area contributed by atoms with Crippen LogP contribution < -0.4 is 0 Å². The maximum Gasteiger partial charge on any atom is 0.394 e. The monoisotopic (exact) mass is 1450 g/mol. The molecule has 0 N–H and O–H groups in total. The predicted octanol–water partition coefficient (Wildman–Crippen LogP) is 31.9. The lowest BCUT2D eigenvalue weighted by molar-refractivity contribution is -0.239. The van der Waals surface area contributed by atoms with Crippen LogP contribution in [0.2, 0.25) is 0 Å². The summed E-state index contributed by atoms with van der Waals surface area (Å²) in [5, 5.41) is 0. The molecule has 2 rings (SSSR count). The molecule has 3 nitrogen and oxygen atoms in total. The van der Waals surface area contributed by atoms with Crippen LogP contribution in [-0.2, 0) is 14.2 Å². The van der Waals surface area contributed by atoms with Gasteiger partial charge in [0.1, 0.15) is 0 Å². The first kappa shape index (κ1) is 112. The fourth-order valence-electron chi connectivity index (χ4n) is 22.5. The van der Waals surface area contributed by atoms with E-state index in [1.54, 1.807) is 0 Å². The zero-order valence-corrected chi connectivity index (χ0v) is 78.7. The van der Waals surface area contributed by atoms with Gasteiger partial charge < -0.3 is 14.2 Å². The van der Waals surface area contributed by atoms with E-state index in [0.29, 0.717) is 53.1 Å². The van der Waals surface area contributed by atoms with Crippen molar-refractivity contribution in [2.45, 2.75) is 408 Å². The molecule has 0 bridgehead atoms. The Morgan fingerprint density at radius 1 is 0.356 bits per heavy atom. The molecule has 2 aliphatic heterocycles. The molecule has 0 aromatic heterocycles. The number of rotatable bonds is 26. The summed E-state index contributed by atoms with van der Waals surface area (Å²) >= 11 is 0. The number of hydrogen-bond acceptors (Lipinski definition) is 3. The molecule has 0 radical (unpaired) electrons. The number of alkyl halides is 4. The molecule has 0 aromatic carbocycles. The van der Waals surface area contributed by atoms with Crippen molar-refractivity contribution < 1.29 is 31.8 Å². The fraction of sp³-hybridized carbons (Fsp3) is 1.00. The molecule has 2 heterocycles. The van der Waals surface area contributed by atoms with Crippen LogP contribution in [0.25, 0.3) is 0 Å². The molecule has 618 valence electrons. The van der Waals surface area contributed by atoms with Gasteiger partial charge in [-0.05, 0) is 251 Å². The molecule has 3 unspecified atom stereocenters. The summed E-state index contributed by atoms with van der Waals surface area (Å²) in [5.74, 6) is 19.3. The Morgan fingerprint density at radius 3 is 0.792 bits per heavy atom. The first-order valence-electron chi connectivity index (χ1n) is 42.6. The summed E-state index contributed by atoms with van der Waals surface area (Å²) < 4.78 is 68.6. The topological polar surface area (TPSA) is 27.7 Å². The summed E-state index contributed by atoms with van der Waals surface area (Å²) in [5.41, 5.74) is -1.42. The number of halogens is 4. The molecular formula is C94H196F4O3. The summed E-state index contributed by atoms with van der Waals surface area (Å²) in [6.07, 6.45) is 3.18. The second-order valence-corrected chi connectivity index (χ2v) is 42.4. The second-order valence-electron chi connectivity index (χ2n) is 42.4. The average molecular weight is 1450 g/mol. The van der Waals surface area contributed by atoms with Gasteiger partial charge in [-0.15, -0.1) is 0 Å². The first-order valence-corrected chi connectivity index (χ1v) is 42.6. The summed E-state index contributed by atoms with van der Waals surface area (Å²) in [6.45, 7) is 112. The summed E-state index contributed by atoms with van der Waals surface area (Å²) in [6, 6.07) is 0. The third kappa shape index (κ3) is 46.0. The SMILES string of the molecule is CC(C)C(C(C)C)C(C)(C)C.CC(C)C(C(C)C)C(C)(C)C(F)(F)F.CC(C)C(C(C)C)C(C)(C)CF.CC(C)C(C(C)C)C(C)(C)OC(C)(C)C.CC(C)C(C(C)C)C(C)C.CC(C)C(C(C)C)C1CCOCC1.CC1CC(C(C(C)C)C(C)C)CC(C)O1.CCC(C)C(C(C)C)C(C)C. The van der Waals surface area contributed by atoms with Gasteiger partial charge in [-0.2, -0.15) is 13.2 Å². The molecule has 2 saturated heterocycles. The minimum absolute atomic E-state index is 0.0478. The van der Waals surface area contributed by atoms with Gasteiger partial charge in [0.2, 0.25) is 0 Å². The zero-order valence-electron chi connectivity index (χ0n) is 78.7. The van der Waals surface area contributed by atoms with E-state index in [9.17, 15) is 17.6 Å². The van der Waals surface area contributed by atoms with E-state index in [1.165, 1.54) is 46.0 Å². The predicted molar refractivity (Wildman–Crippen MR) is 450 cm³/mol. The molecule has 0 saturated carbocycles. The minimum Gasteiger partial charge on any atom is -0.381 e. The Kier molecular flexibility index (Phi) is 57.3. The van der Waals surface area contributed by atoms with E-state index >= 15 is 0 Å². The maximum atomic E-state index is 12.8. The molecule has 7 heteroatoms. The van der Waals surface area contributed by atoms with Crippen LogP contribution in [0.4, 0.5) is 17.6 Å². The van der Waals surface area contributed by atoms with Gasteiger partial charge in [-0.3, -0.25) is 4.39 Å². The van der Waals surface area contributed by atoms with Gasteiger partial charge >= 0.3 is 6.18 Å². The fourth-order valence-corrected chi connectivity index (χ4v) is 22.5. The smallest absolute Gasteiger partial charge is 0.381 e. The Morgan fingerprint density at radius 2 is 0.634 bits per heavy atom. The third-order valence-corrected chi connectivity index (χ3v) is 23.2. The van der Waals surface area contributed by atoms with Gasteiger partial charge in [-0.25, -0.2) is 0 Å². The van der Waals surface area contributed by atoms with Crippen LogP contribution in [0.1, 0.15) is 378 Å².